The molecule has 0 spiro atoms. The van der Waals surface area contributed by atoms with Crippen LogP contribution in [0.15, 0.2) is 22.5 Å². The van der Waals surface area contributed by atoms with E-state index in [0.29, 0.717) is 4.09 Å². The van der Waals surface area contributed by atoms with Crippen LogP contribution in [-0.4, -0.2) is 35.4 Å². The van der Waals surface area contributed by atoms with Crippen LogP contribution in [-0.2, 0) is 0 Å². The van der Waals surface area contributed by atoms with E-state index in [1.807, 2.05) is 0 Å². The van der Waals surface area contributed by atoms with Gasteiger partial charge in [0.15, 0.2) is 0 Å². The summed E-state index contributed by atoms with van der Waals surface area (Å²) >= 11 is 4.33. The number of allylic oxidation sites excluding steroid dienone is 4. The second kappa shape index (κ2) is 5.34. The van der Waals surface area contributed by atoms with Gasteiger partial charge in [-0.05, 0) is 0 Å². The van der Waals surface area contributed by atoms with E-state index in [9.17, 15) is 0 Å². The van der Waals surface area contributed by atoms with Gasteiger partial charge in [-0.25, -0.2) is 0 Å². The van der Waals surface area contributed by atoms with Crippen molar-refractivity contribution in [2.75, 3.05) is 0 Å². The van der Waals surface area contributed by atoms with E-state index in [1.165, 1.54) is 10.7 Å². The third-order valence-corrected chi connectivity index (χ3v) is 0.957. The molecule has 0 aromatic rings. The van der Waals surface area contributed by atoms with E-state index in [4.69, 9.17) is 0 Å². The summed E-state index contributed by atoms with van der Waals surface area (Å²) in [5.74, 6) is 0. The van der Waals surface area contributed by atoms with Crippen LogP contribution in [0.1, 0.15) is 27.2 Å². The van der Waals surface area contributed by atoms with E-state index < -0.39 is 0 Å². The van der Waals surface area contributed by atoms with Gasteiger partial charge in [-0.1, -0.05) is 0 Å². The molecule has 0 bridgehead atoms. The zero-order valence-electron chi connectivity index (χ0n) is 8.44. The summed E-state index contributed by atoms with van der Waals surface area (Å²) in [6.07, 6.45) is 7.56. The molecule has 0 saturated carbocycles. The molecule has 52 valence electrons. The number of hydrogen-bond donors (Lipinski definition) is 0. The molecule has 0 aromatic carbocycles. The Hall–Kier alpha value is 0.675. The molecule has 0 fully saturated rings. The van der Waals surface area contributed by atoms with Crippen molar-refractivity contribution in [1.82, 2.24) is 0 Å². The third kappa shape index (κ3) is 13.6. The van der Waals surface area contributed by atoms with Gasteiger partial charge in [-0.3, -0.25) is 0 Å². The van der Waals surface area contributed by atoms with Crippen LogP contribution in [0.2, 0.25) is 4.09 Å². The van der Waals surface area contributed by atoms with Crippen LogP contribution in [0.25, 0.3) is 0 Å². The van der Waals surface area contributed by atoms with E-state index in [2.05, 4.69) is 74.4 Å². The standard InChI is InChI=1S/C5H5.C4H9.2Li/c1-2-4-5-3-1;1-4(2)3;;/h1-3H,4H2;1-3H3;;. The SMILES string of the molecule is [Li][C](C)(C)C.[Li][C]1=CC=CC1. The van der Waals surface area contributed by atoms with Crippen LogP contribution in [0, 0.1) is 0 Å². The third-order valence-electron chi connectivity index (χ3n) is 0.957. The molecule has 0 radical (unpaired) electrons. The normalized spacial score (nSPS) is 15.7. The first kappa shape index (κ1) is 11.7. The molecule has 2 heteroatoms. The Labute approximate surface area is 88.9 Å². The van der Waals surface area contributed by atoms with Gasteiger partial charge in [-0.2, -0.15) is 0 Å². The molecule has 1 rings (SSSR count). The van der Waals surface area contributed by atoms with Crippen LogP contribution in [0.4, 0.5) is 0 Å². The minimum atomic E-state index is 0.500. The van der Waals surface area contributed by atoms with E-state index in [-0.39, 0.29) is 0 Å². The van der Waals surface area contributed by atoms with Gasteiger partial charge in [0.25, 0.3) is 0 Å². The monoisotopic (exact) mass is 136 g/mol. The molecule has 1 aliphatic carbocycles. The van der Waals surface area contributed by atoms with Crippen molar-refractivity contribution >= 4 is 35.4 Å². The molecule has 0 amide bonds. The predicted octanol–water partition coefficient (Wildman–Crippen LogP) is 2.37. The molecular weight excluding hydrogens is 122 g/mol. The summed E-state index contributed by atoms with van der Waals surface area (Å²) in [6.45, 7) is 6.56. The summed E-state index contributed by atoms with van der Waals surface area (Å²) < 4.78 is 1.97. The molecule has 0 atom stereocenters. The van der Waals surface area contributed by atoms with Crippen LogP contribution < -0.4 is 0 Å². The second-order valence-electron chi connectivity index (χ2n) is 4.65. The van der Waals surface area contributed by atoms with Gasteiger partial charge in [-0.15, -0.1) is 0 Å². The molecule has 0 aliphatic heterocycles. The molecule has 0 aromatic heterocycles. The van der Waals surface area contributed by atoms with Crippen LogP contribution >= 0.6 is 0 Å². The maximum absolute atomic E-state index is 2.19. The Bertz CT molecular complexity index is 155. The predicted molar refractivity (Wildman–Crippen MR) is 53.1 cm³/mol. The first-order valence-corrected chi connectivity index (χ1v) is 4.22. The van der Waals surface area contributed by atoms with Gasteiger partial charge in [0.05, 0.1) is 0 Å². The second-order valence-corrected chi connectivity index (χ2v) is 4.65. The van der Waals surface area contributed by atoms with Crippen molar-refractivity contribution in [2.24, 2.45) is 0 Å². The van der Waals surface area contributed by atoms with Crippen molar-refractivity contribution in [3.05, 3.63) is 22.5 Å². The van der Waals surface area contributed by atoms with Gasteiger partial charge >= 0.3 is 89.2 Å². The Morgan fingerprint density at radius 2 is 1.82 bits per heavy atom. The fraction of sp³-hybridized carbons (Fsp3) is 0.556. The molecule has 0 nitrogen and oxygen atoms in total. The fourth-order valence-corrected chi connectivity index (χ4v) is 0.554. The molecule has 0 unspecified atom stereocenters. The van der Waals surface area contributed by atoms with Gasteiger partial charge in [0, 0.05) is 0 Å². The maximum atomic E-state index is 2.19. The van der Waals surface area contributed by atoms with Gasteiger partial charge in [0.1, 0.15) is 0 Å². The van der Waals surface area contributed by atoms with Crippen LogP contribution in [0.5, 0.6) is 0 Å². The Balaban J connectivity index is 0.000000187. The van der Waals surface area contributed by atoms with Gasteiger partial charge in [0.2, 0.25) is 0 Å². The van der Waals surface area contributed by atoms with Crippen molar-refractivity contribution in [3.63, 3.8) is 0 Å². The summed E-state index contributed by atoms with van der Waals surface area (Å²) in [5, 5.41) is 0. The molecule has 0 N–H and O–H groups in total. The van der Waals surface area contributed by atoms with Gasteiger partial charge < -0.3 is 0 Å². The summed E-state index contributed by atoms with van der Waals surface area (Å²) in [4.78, 5) is 0. The van der Waals surface area contributed by atoms with Crippen molar-refractivity contribution < 1.29 is 0 Å². The minimum absolute atomic E-state index is 0.500. The summed E-state index contributed by atoms with van der Waals surface area (Å²) in [6, 6.07) is 0. The molecule has 11 heavy (non-hydrogen) atoms. The topological polar surface area (TPSA) is 0 Å². The first-order valence-electron chi connectivity index (χ1n) is 4.22. The van der Waals surface area contributed by atoms with E-state index in [1.54, 1.807) is 0 Å². The summed E-state index contributed by atoms with van der Waals surface area (Å²) in [7, 11) is 0. The van der Waals surface area contributed by atoms with Crippen molar-refractivity contribution in [3.8, 4) is 0 Å². The van der Waals surface area contributed by atoms with Crippen molar-refractivity contribution in [2.45, 2.75) is 31.3 Å². The average molecular weight is 136 g/mol. The quantitative estimate of drug-likeness (QED) is 0.448. The zero-order chi connectivity index (χ0) is 8.91. The Morgan fingerprint density at radius 3 is 1.91 bits per heavy atom. The molecule has 0 saturated heterocycles. The number of hydrogen-bond acceptors (Lipinski definition) is 0. The summed E-state index contributed by atoms with van der Waals surface area (Å²) in [5.41, 5.74) is 0. The first-order chi connectivity index (χ1) is 4.89. The van der Waals surface area contributed by atoms with E-state index in [0.717, 1.165) is 0 Å². The Kier molecular flexibility index (Phi) is 5.67. The van der Waals surface area contributed by atoms with Crippen molar-refractivity contribution in [1.29, 1.82) is 0 Å². The fourth-order valence-electron chi connectivity index (χ4n) is 0.554. The molecular formula is C9H14Li2. The molecule has 1 aliphatic rings. The zero-order valence-corrected chi connectivity index (χ0v) is 8.44. The number of rotatable bonds is 0. The van der Waals surface area contributed by atoms with Crippen LogP contribution in [0.3, 0.4) is 0 Å². The van der Waals surface area contributed by atoms with E-state index >= 15 is 0 Å². The average Bonchev–Trinajstić information content (AvgIpc) is 2.12. The molecule has 0 heterocycles. The Morgan fingerprint density at radius 1 is 1.36 bits per heavy atom.